The molecule has 4 nitrogen and oxygen atoms in total. The molecule has 106 valence electrons. The Morgan fingerprint density at radius 2 is 1.70 bits per heavy atom. The largest absolute Gasteiger partial charge is 0.505 e. The van der Waals surface area contributed by atoms with Gasteiger partial charge in [0, 0.05) is 10.7 Å². The number of rotatable bonds is 3. The van der Waals surface area contributed by atoms with E-state index in [0.29, 0.717) is 5.69 Å². The number of phenolic OH excluding ortho intramolecular Hbond substituents is 1. The highest BCUT2D eigenvalue weighted by Gasteiger charge is 2.21. The molecule has 0 radical (unpaired) electrons. The maximum absolute atomic E-state index is 12.2. The predicted octanol–water partition coefficient (Wildman–Crippen LogP) is 3.81. The van der Waals surface area contributed by atoms with Gasteiger partial charge in [-0.3, -0.25) is 4.72 Å². The smallest absolute Gasteiger partial charge is 0.265 e. The normalized spacial score (nSPS) is 11.3. The van der Waals surface area contributed by atoms with Crippen LogP contribution in [0.3, 0.4) is 0 Å². The van der Waals surface area contributed by atoms with E-state index in [1.807, 2.05) is 6.92 Å². The van der Waals surface area contributed by atoms with Crippen LogP contribution < -0.4 is 4.72 Å². The number of benzene rings is 2. The fourth-order valence-corrected chi connectivity index (χ4v) is 3.40. The molecule has 0 heterocycles. The summed E-state index contributed by atoms with van der Waals surface area (Å²) in [6.07, 6.45) is 0. The van der Waals surface area contributed by atoms with Crippen LogP contribution in [0, 0.1) is 6.92 Å². The Morgan fingerprint density at radius 1 is 1.10 bits per heavy atom. The summed E-state index contributed by atoms with van der Waals surface area (Å²) in [6.45, 7) is 1.89. The maximum Gasteiger partial charge on any atom is 0.265 e. The summed E-state index contributed by atoms with van der Waals surface area (Å²) in [5.41, 5.74) is 1.38. The van der Waals surface area contributed by atoms with E-state index in [1.165, 1.54) is 6.07 Å². The van der Waals surface area contributed by atoms with E-state index in [1.54, 1.807) is 24.3 Å². The van der Waals surface area contributed by atoms with Crippen molar-refractivity contribution in [3.8, 4) is 5.75 Å². The van der Waals surface area contributed by atoms with Gasteiger partial charge in [-0.1, -0.05) is 40.9 Å². The Kier molecular flexibility index (Phi) is 4.13. The van der Waals surface area contributed by atoms with E-state index in [9.17, 15) is 13.5 Å². The van der Waals surface area contributed by atoms with E-state index in [4.69, 9.17) is 23.2 Å². The second-order valence-corrected chi connectivity index (χ2v) is 6.70. The first-order chi connectivity index (χ1) is 9.29. The molecule has 0 fully saturated rings. The van der Waals surface area contributed by atoms with Crippen molar-refractivity contribution in [3.63, 3.8) is 0 Å². The zero-order valence-corrected chi connectivity index (χ0v) is 12.7. The first-order valence-corrected chi connectivity index (χ1v) is 7.81. The molecule has 0 aromatic heterocycles. The molecule has 20 heavy (non-hydrogen) atoms. The molecule has 0 spiro atoms. The highest BCUT2D eigenvalue weighted by molar-refractivity contribution is 7.92. The van der Waals surface area contributed by atoms with Crippen LogP contribution in [0.4, 0.5) is 5.69 Å². The number of anilines is 1. The third-order valence-electron chi connectivity index (χ3n) is 2.59. The second-order valence-electron chi connectivity index (χ2n) is 4.21. The van der Waals surface area contributed by atoms with Gasteiger partial charge < -0.3 is 5.11 Å². The number of halogens is 2. The van der Waals surface area contributed by atoms with Crippen LogP contribution in [-0.4, -0.2) is 13.5 Å². The van der Waals surface area contributed by atoms with Gasteiger partial charge in [-0.15, -0.1) is 0 Å². The lowest BCUT2D eigenvalue weighted by Gasteiger charge is -2.11. The first kappa shape index (κ1) is 15.0. The third kappa shape index (κ3) is 3.17. The molecule has 0 saturated carbocycles. The quantitative estimate of drug-likeness (QED) is 0.898. The fraction of sp³-hybridized carbons (Fsp3) is 0.0769. The van der Waals surface area contributed by atoms with Gasteiger partial charge >= 0.3 is 0 Å². The van der Waals surface area contributed by atoms with Crippen LogP contribution in [0.25, 0.3) is 0 Å². The number of aromatic hydroxyl groups is 1. The van der Waals surface area contributed by atoms with Crippen molar-refractivity contribution >= 4 is 38.9 Å². The average molecular weight is 332 g/mol. The summed E-state index contributed by atoms with van der Waals surface area (Å²) in [7, 11) is -3.97. The van der Waals surface area contributed by atoms with Crippen LogP contribution in [-0.2, 0) is 10.0 Å². The summed E-state index contributed by atoms with van der Waals surface area (Å²) in [5, 5.41) is 9.77. The topological polar surface area (TPSA) is 66.4 Å². The molecule has 2 N–H and O–H groups in total. The number of nitrogens with one attached hydrogen (secondary N) is 1. The Morgan fingerprint density at radius 3 is 2.30 bits per heavy atom. The Balaban J connectivity index is 2.43. The lowest BCUT2D eigenvalue weighted by atomic mass is 10.2. The number of phenols is 1. The molecule has 0 unspecified atom stereocenters. The molecular formula is C13H11Cl2NO3S. The van der Waals surface area contributed by atoms with E-state index in [0.717, 1.165) is 11.6 Å². The van der Waals surface area contributed by atoms with Crippen molar-refractivity contribution < 1.29 is 13.5 Å². The molecule has 0 atom stereocenters. The van der Waals surface area contributed by atoms with Gasteiger partial charge in [0.05, 0.1) is 5.02 Å². The highest BCUT2D eigenvalue weighted by Crippen LogP contribution is 2.34. The van der Waals surface area contributed by atoms with E-state index >= 15 is 0 Å². The van der Waals surface area contributed by atoms with Gasteiger partial charge in [0.1, 0.15) is 4.90 Å². The van der Waals surface area contributed by atoms with Crippen LogP contribution in [0.5, 0.6) is 5.75 Å². The Bertz CT molecular complexity index is 743. The SMILES string of the molecule is Cc1ccc(NS(=O)(=O)c2cc(Cl)cc(Cl)c2O)cc1. The van der Waals surface area contributed by atoms with Crippen LogP contribution in [0.15, 0.2) is 41.3 Å². The molecular weight excluding hydrogens is 321 g/mol. The minimum atomic E-state index is -3.97. The molecule has 0 amide bonds. The van der Waals surface area contributed by atoms with Crippen LogP contribution in [0.1, 0.15) is 5.56 Å². The van der Waals surface area contributed by atoms with Gasteiger partial charge in [0.25, 0.3) is 10.0 Å². The first-order valence-electron chi connectivity index (χ1n) is 5.57. The van der Waals surface area contributed by atoms with Gasteiger partial charge in [0.2, 0.25) is 0 Å². The lowest BCUT2D eigenvalue weighted by Crippen LogP contribution is -2.13. The summed E-state index contributed by atoms with van der Waals surface area (Å²) in [4.78, 5) is -0.365. The van der Waals surface area contributed by atoms with Crippen molar-refractivity contribution in [1.29, 1.82) is 0 Å². The van der Waals surface area contributed by atoms with E-state index < -0.39 is 15.8 Å². The molecule has 2 rings (SSSR count). The number of aryl methyl sites for hydroxylation is 1. The van der Waals surface area contributed by atoms with Crippen molar-refractivity contribution in [2.24, 2.45) is 0 Å². The summed E-state index contributed by atoms with van der Waals surface area (Å²) in [5.74, 6) is -0.532. The molecule has 2 aromatic rings. The zero-order chi connectivity index (χ0) is 14.9. The minimum Gasteiger partial charge on any atom is -0.505 e. The van der Waals surface area contributed by atoms with Gasteiger partial charge in [0.15, 0.2) is 5.75 Å². The summed E-state index contributed by atoms with van der Waals surface area (Å²) < 4.78 is 26.8. The van der Waals surface area contributed by atoms with Crippen molar-refractivity contribution in [3.05, 3.63) is 52.0 Å². The summed E-state index contributed by atoms with van der Waals surface area (Å²) >= 11 is 11.5. The zero-order valence-electron chi connectivity index (χ0n) is 10.4. The second kappa shape index (κ2) is 5.52. The Hall–Kier alpha value is -1.43. The fourth-order valence-electron chi connectivity index (χ4n) is 1.58. The van der Waals surface area contributed by atoms with Crippen molar-refractivity contribution in [1.82, 2.24) is 0 Å². The van der Waals surface area contributed by atoms with Crippen molar-refractivity contribution in [2.45, 2.75) is 11.8 Å². The maximum atomic E-state index is 12.2. The van der Waals surface area contributed by atoms with E-state index in [-0.39, 0.29) is 14.9 Å². The molecule has 2 aromatic carbocycles. The van der Waals surface area contributed by atoms with Gasteiger partial charge in [-0.25, -0.2) is 8.42 Å². The Labute approximate surface area is 127 Å². The van der Waals surface area contributed by atoms with Gasteiger partial charge in [-0.2, -0.15) is 0 Å². The van der Waals surface area contributed by atoms with Crippen LogP contribution in [0.2, 0.25) is 10.0 Å². The predicted molar refractivity (Wildman–Crippen MR) is 80.1 cm³/mol. The minimum absolute atomic E-state index is 0.122. The molecule has 7 heteroatoms. The highest BCUT2D eigenvalue weighted by atomic mass is 35.5. The number of hydrogen-bond acceptors (Lipinski definition) is 3. The number of sulfonamides is 1. The molecule has 0 aliphatic rings. The lowest BCUT2D eigenvalue weighted by molar-refractivity contribution is 0.459. The standard InChI is InChI=1S/C13H11Cl2NO3S/c1-8-2-4-10(5-3-8)16-20(18,19)12-7-9(14)6-11(15)13(12)17/h2-7,16-17H,1H3. The van der Waals surface area contributed by atoms with Crippen LogP contribution >= 0.6 is 23.2 Å². The number of hydrogen-bond donors (Lipinski definition) is 2. The molecule has 0 aliphatic heterocycles. The van der Waals surface area contributed by atoms with E-state index in [2.05, 4.69) is 4.72 Å². The van der Waals surface area contributed by atoms with Crippen molar-refractivity contribution in [2.75, 3.05) is 4.72 Å². The molecule has 0 bridgehead atoms. The monoisotopic (exact) mass is 331 g/mol. The summed E-state index contributed by atoms with van der Waals surface area (Å²) in [6, 6.07) is 9.18. The molecule has 0 saturated heterocycles. The molecule has 0 aliphatic carbocycles. The van der Waals surface area contributed by atoms with Gasteiger partial charge in [-0.05, 0) is 31.2 Å². The third-order valence-corrected chi connectivity index (χ3v) is 4.49. The average Bonchev–Trinajstić information content (AvgIpc) is 2.36.